The maximum absolute atomic E-state index is 3.43. The Morgan fingerprint density at radius 3 is 3.13 bits per heavy atom. The van der Waals surface area contributed by atoms with Gasteiger partial charge in [0, 0.05) is 18.2 Å². The van der Waals surface area contributed by atoms with E-state index in [1.807, 2.05) is 7.05 Å². The molecule has 0 bridgehead atoms. The van der Waals surface area contributed by atoms with Gasteiger partial charge in [-0.05, 0) is 43.6 Å². The normalized spacial score (nSPS) is 18.7. The van der Waals surface area contributed by atoms with Gasteiger partial charge in [-0.15, -0.1) is 0 Å². The summed E-state index contributed by atoms with van der Waals surface area (Å²) in [5.74, 6) is 0.671. The van der Waals surface area contributed by atoms with Crippen LogP contribution in [0.2, 0.25) is 0 Å². The highest BCUT2D eigenvalue weighted by molar-refractivity contribution is 5.58. The monoisotopic (exact) mass is 204 g/mol. The van der Waals surface area contributed by atoms with E-state index in [-0.39, 0.29) is 0 Å². The topological polar surface area (TPSA) is 24.1 Å². The molecule has 1 aliphatic heterocycles. The van der Waals surface area contributed by atoms with Crippen LogP contribution in [0.3, 0.4) is 0 Å². The van der Waals surface area contributed by atoms with Crippen LogP contribution in [0.1, 0.15) is 30.4 Å². The average molecular weight is 204 g/mol. The van der Waals surface area contributed by atoms with Gasteiger partial charge in [-0.1, -0.05) is 19.1 Å². The van der Waals surface area contributed by atoms with Crippen molar-refractivity contribution in [2.75, 3.05) is 25.5 Å². The van der Waals surface area contributed by atoms with E-state index in [1.54, 1.807) is 0 Å². The highest BCUT2D eigenvalue weighted by atomic mass is 14.9. The zero-order valence-electron chi connectivity index (χ0n) is 9.64. The minimum absolute atomic E-state index is 0.671. The molecule has 2 nitrogen and oxygen atoms in total. The largest absolute Gasteiger partial charge is 0.384 e. The van der Waals surface area contributed by atoms with E-state index in [4.69, 9.17) is 0 Å². The first-order chi connectivity index (χ1) is 7.31. The van der Waals surface area contributed by atoms with Gasteiger partial charge in [-0.3, -0.25) is 0 Å². The highest BCUT2D eigenvalue weighted by Crippen LogP contribution is 2.31. The molecule has 0 saturated carbocycles. The van der Waals surface area contributed by atoms with Crippen LogP contribution in [0, 0.1) is 0 Å². The summed E-state index contributed by atoms with van der Waals surface area (Å²) in [6, 6.07) is 6.85. The SMILES string of the molecule is CNCCCc1ccc2c(c1)C(C)CN2. The van der Waals surface area contributed by atoms with E-state index in [0.717, 1.165) is 13.1 Å². The Labute approximate surface area is 92.1 Å². The quantitative estimate of drug-likeness (QED) is 0.736. The number of nitrogens with one attached hydrogen (secondary N) is 2. The molecular weight excluding hydrogens is 184 g/mol. The third-order valence-corrected chi connectivity index (χ3v) is 3.14. The third kappa shape index (κ3) is 2.32. The van der Waals surface area contributed by atoms with Gasteiger partial charge >= 0.3 is 0 Å². The van der Waals surface area contributed by atoms with Crippen molar-refractivity contribution in [1.29, 1.82) is 0 Å². The van der Waals surface area contributed by atoms with Crippen LogP contribution < -0.4 is 10.6 Å². The Morgan fingerprint density at radius 1 is 1.47 bits per heavy atom. The summed E-state index contributed by atoms with van der Waals surface area (Å²) in [7, 11) is 2.01. The number of hydrogen-bond acceptors (Lipinski definition) is 2. The summed E-state index contributed by atoms with van der Waals surface area (Å²) in [4.78, 5) is 0. The summed E-state index contributed by atoms with van der Waals surface area (Å²) >= 11 is 0. The molecule has 2 heteroatoms. The second-order valence-electron chi connectivity index (χ2n) is 4.41. The molecule has 0 amide bonds. The van der Waals surface area contributed by atoms with Gasteiger partial charge in [0.1, 0.15) is 0 Å². The van der Waals surface area contributed by atoms with Gasteiger partial charge in [-0.25, -0.2) is 0 Å². The second-order valence-corrected chi connectivity index (χ2v) is 4.41. The molecule has 0 aromatic heterocycles. The molecule has 1 aromatic carbocycles. The van der Waals surface area contributed by atoms with E-state index in [2.05, 4.69) is 35.8 Å². The summed E-state index contributed by atoms with van der Waals surface area (Å²) in [6.45, 7) is 4.48. The van der Waals surface area contributed by atoms with Crippen molar-refractivity contribution in [3.63, 3.8) is 0 Å². The molecule has 82 valence electrons. The minimum Gasteiger partial charge on any atom is -0.384 e. The fourth-order valence-corrected chi connectivity index (χ4v) is 2.18. The van der Waals surface area contributed by atoms with Crippen molar-refractivity contribution in [2.24, 2.45) is 0 Å². The van der Waals surface area contributed by atoms with Crippen LogP contribution in [-0.4, -0.2) is 20.1 Å². The Hall–Kier alpha value is -1.02. The van der Waals surface area contributed by atoms with Crippen LogP contribution in [0.15, 0.2) is 18.2 Å². The maximum atomic E-state index is 3.43. The first-order valence-electron chi connectivity index (χ1n) is 5.82. The van der Waals surface area contributed by atoms with Gasteiger partial charge in [-0.2, -0.15) is 0 Å². The van der Waals surface area contributed by atoms with E-state index in [1.165, 1.54) is 29.7 Å². The maximum Gasteiger partial charge on any atom is 0.0376 e. The summed E-state index contributed by atoms with van der Waals surface area (Å²) in [5.41, 5.74) is 4.30. The summed E-state index contributed by atoms with van der Waals surface area (Å²) in [6.07, 6.45) is 2.40. The first-order valence-corrected chi connectivity index (χ1v) is 5.82. The lowest BCUT2D eigenvalue weighted by Gasteiger charge is -2.06. The Morgan fingerprint density at radius 2 is 2.33 bits per heavy atom. The number of fused-ring (bicyclic) bond motifs is 1. The minimum atomic E-state index is 0.671. The van der Waals surface area contributed by atoms with Crippen molar-refractivity contribution >= 4 is 5.69 Å². The van der Waals surface area contributed by atoms with Crippen LogP contribution >= 0.6 is 0 Å². The predicted molar refractivity (Wildman–Crippen MR) is 65.6 cm³/mol. The van der Waals surface area contributed by atoms with Gasteiger partial charge < -0.3 is 10.6 Å². The second kappa shape index (κ2) is 4.67. The van der Waals surface area contributed by atoms with Crippen molar-refractivity contribution in [3.8, 4) is 0 Å². The molecule has 0 saturated heterocycles. The lowest BCUT2D eigenvalue weighted by molar-refractivity contribution is 0.724. The third-order valence-electron chi connectivity index (χ3n) is 3.14. The van der Waals surface area contributed by atoms with Crippen LogP contribution in [0.25, 0.3) is 0 Å². The highest BCUT2D eigenvalue weighted by Gasteiger charge is 2.17. The Balaban J connectivity index is 2.05. The molecule has 15 heavy (non-hydrogen) atoms. The Kier molecular flexibility index (Phi) is 3.27. The van der Waals surface area contributed by atoms with Gasteiger partial charge in [0.2, 0.25) is 0 Å². The molecule has 2 N–H and O–H groups in total. The Bertz CT molecular complexity index is 333. The van der Waals surface area contributed by atoms with E-state index in [0.29, 0.717) is 5.92 Å². The number of aryl methyl sites for hydroxylation is 1. The zero-order chi connectivity index (χ0) is 10.7. The van der Waals surface area contributed by atoms with Crippen LogP contribution in [-0.2, 0) is 6.42 Å². The van der Waals surface area contributed by atoms with E-state index >= 15 is 0 Å². The number of rotatable bonds is 4. The van der Waals surface area contributed by atoms with E-state index < -0.39 is 0 Å². The van der Waals surface area contributed by atoms with Crippen LogP contribution in [0.5, 0.6) is 0 Å². The van der Waals surface area contributed by atoms with Crippen molar-refractivity contribution in [1.82, 2.24) is 5.32 Å². The molecule has 1 heterocycles. The van der Waals surface area contributed by atoms with Crippen molar-refractivity contribution in [2.45, 2.75) is 25.7 Å². The molecule has 1 aliphatic rings. The number of hydrogen-bond donors (Lipinski definition) is 2. The molecule has 0 aliphatic carbocycles. The molecule has 1 unspecified atom stereocenters. The standard InChI is InChI=1S/C13H20N2/c1-10-9-15-13-6-5-11(8-12(10)13)4-3-7-14-2/h5-6,8,10,14-15H,3-4,7,9H2,1-2H3. The lowest BCUT2D eigenvalue weighted by atomic mass is 9.99. The van der Waals surface area contributed by atoms with Gasteiger partial charge in [0.25, 0.3) is 0 Å². The van der Waals surface area contributed by atoms with E-state index in [9.17, 15) is 0 Å². The number of anilines is 1. The molecule has 1 aromatic rings. The van der Waals surface area contributed by atoms with Gasteiger partial charge in [0.05, 0.1) is 0 Å². The predicted octanol–water partition coefficient (Wildman–Crippen LogP) is 2.37. The van der Waals surface area contributed by atoms with Crippen molar-refractivity contribution < 1.29 is 0 Å². The number of benzene rings is 1. The molecule has 2 rings (SSSR count). The molecule has 1 atom stereocenters. The fourth-order valence-electron chi connectivity index (χ4n) is 2.18. The van der Waals surface area contributed by atoms with Crippen LogP contribution in [0.4, 0.5) is 5.69 Å². The molecule has 0 fully saturated rings. The summed E-state index contributed by atoms with van der Waals surface area (Å²) < 4.78 is 0. The zero-order valence-corrected chi connectivity index (χ0v) is 9.64. The van der Waals surface area contributed by atoms with Crippen molar-refractivity contribution in [3.05, 3.63) is 29.3 Å². The lowest BCUT2D eigenvalue weighted by Crippen LogP contribution is -2.08. The first kappa shape index (κ1) is 10.5. The molecule has 0 radical (unpaired) electrons. The fraction of sp³-hybridized carbons (Fsp3) is 0.538. The summed E-state index contributed by atoms with van der Waals surface area (Å²) in [5, 5.41) is 6.62. The smallest absolute Gasteiger partial charge is 0.0376 e. The average Bonchev–Trinajstić information content (AvgIpc) is 2.61. The molecule has 0 spiro atoms. The van der Waals surface area contributed by atoms with Gasteiger partial charge in [0.15, 0.2) is 0 Å². The molecular formula is C13H20N2.